The Bertz CT molecular complexity index is 2920. The fourth-order valence-corrected chi connectivity index (χ4v) is 10.8. The van der Waals surface area contributed by atoms with Gasteiger partial charge in [-0.25, -0.2) is 14.8 Å². The molecule has 2 aromatic heterocycles. The molecule has 308 valence electrons. The molecule has 0 radical (unpaired) electrons. The van der Waals surface area contributed by atoms with Gasteiger partial charge in [0.25, 0.3) is 0 Å². The van der Waals surface area contributed by atoms with E-state index in [4.69, 9.17) is 31.8 Å². The van der Waals surface area contributed by atoms with E-state index in [2.05, 4.69) is 43.8 Å². The highest BCUT2D eigenvalue weighted by Gasteiger charge is 2.59. The van der Waals surface area contributed by atoms with Crippen LogP contribution in [0.5, 0.6) is 17.2 Å². The minimum Gasteiger partial charge on any atom is -0.508 e. The van der Waals surface area contributed by atoms with Crippen molar-refractivity contribution in [1.82, 2.24) is 14.9 Å². The van der Waals surface area contributed by atoms with Crippen molar-refractivity contribution in [1.29, 1.82) is 0 Å². The van der Waals surface area contributed by atoms with Crippen molar-refractivity contribution in [2.24, 2.45) is 0 Å². The summed E-state index contributed by atoms with van der Waals surface area (Å²) in [5.41, 5.74) is 11.6. The van der Waals surface area contributed by atoms with Gasteiger partial charge >= 0.3 is 5.97 Å². The Morgan fingerprint density at radius 3 is 2.64 bits per heavy atom. The monoisotopic (exact) mass is 871 g/mol. The van der Waals surface area contributed by atoms with Crippen molar-refractivity contribution >= 4 is 80.2 Å². The molecule has 1 fully saturated rings. The molecule has 4 aliphatic heterocycles. The van der Waals surface area contributed by atoms with Crippen LogP contribution >= 0.6 is 35.3 Å². The zero-order chi connectivity index (χ0) is 42.1. The lowest BCUT2D eigenvalue weighted by Gasteiger charge is -2.31. The first-order chi connectivity index (χ1) is 29.5. The maximum Gasteiger partial charge on any atom is 0.336 e. The van der Waals surface area contributed by atoms with E-state index in [1.807, 2.05) is 23.6 Å². The molecular weight excluding hydrogens is 835 g/mol. The van der Waals surface area contributed by atoms with Gasteiger partial charge in [-0.3, -0.25) is 4.79 Å². The number of benzene rings is 4. The third kappa shape index (κ3) is 6.87. The van der Waals surface area contributed by atoms with Crippen molar-refractivity contribution < 1.29 is 28.9 Å². The summed E-state index contributed by atoms with van der Waals surface area (Å²) >= 11 is 9.30. The van der Waals surface area contributed by atoms with Gasteiger partial charge in [0.2, 0.25) is 6.79 Å². The fraction of sp³-hybridized carbons (Fsp3) is 0.205. The van der Waals surface area contributed by atoms with E-state index in [9.17, 15) is 19.8 Å². The Morgan fingerprint density at radius 1 is 1.03 bits per heavy atom. The molecule has 0 saturated carbocycles. The number of aromatic nitrogens is 2. The number of phenols is 1. The molecule has 2 atom stereocenters. The maximum atomic E-state index is 12.9. The molecule has 5 aliphatic rings. The van der Waals surface area contributed by atoms with E-state index in [1.54, 1.807) is 65.8 Å². The van der Waals surface area contributed by atoms with Gasteiger partial charge in [0.1, 0.15) is 45.1 Å². The Hall–Kier alpha value is -6.56. The number of nitrogens with two attached hydrogens (primary N) is 1. The smallest absolute Gasteiger partial charge is 0.336 e. The number of nitrogen functional groups attached to an aromatic ring is 1. The van der Waals surface area contributed by atoms with E-state index in [1.165, 1.54) is 24.3 Å². The molecule has 1 aliphatic carbocycles. The zero-order valence-electron chi connectivity index (χ0n) is 32.7. The third-order valence-electron chi connectivity index (χ3n) is 11.1. The average Bonchev–Trinajstić information content (AvgIpc) is 3.65. The molecule has 61 heavy (non-hydrogen) atoms. The molecule has 0 bridgehead atoms. The Kier molecular flexibility index (Phi) is 9.60. The van der Waals surface area contributed by atoms with Crippen LogP contribution in [0, 0.1) is 0 Å². The van der Waals surface area contributed by atoms with Crippen LogP contribution in [0.1, 0.15) is 30.6 Å². The van der Waals surface area contributed by atoms with Crippen LogP contribution in [0.15, 0.2) is 105 Å². The minimum atomic E-state index is -1.14. The summed E-state index contributed by atoms with van der Waals surface area (Å²) in [5.74, 6) is 1.02. The predicted molar refractivity (Wildman–Crippen MR) is 241 cm³/mol. The van der Waals surface area contributed by atoms with Crippen LogP contribution in [0.4, 0.5) is 22.9 Å². The number of aromatic hydroxyl groups is 1. The van der Waals surface area contributed by atoms with Gasteiger partial charge in [-0.15, -0.1) is 11.3 Å². The number of rotatable bonds is 11. The topological polar surface area (TPSA) is 180 Å². The van der Waals surface area contributed by atoms with Crippen LogP contribution < -0.4 is 35.8 Å². The normalized spacial score (nSPS) is 16.0. The van der Waals surface area contributed by atoms with Gasteiger partial charge in [-0.1, -0.05) is 17.8 Å². The van der Waals surface area contributed by atoms with Gasteiger partial charge in [-0.2, -0.15) is 0 Å². The van der Waals surface area contributed by atoms with Crippen LogP contribution in [0.3, 0.4) is 0 Å². The first-order valence-electron chi connectivity index (χ1n) is 19.5. The molecule has 5 N–H and O–H groups in total. The summed E-state index contributed by atoms with van der Waals surface area (Å²) in [4.78, 5) is 42.0. The van der Waals surface area contributed by atoms with Crippen molar-refractivity contribution in [3.8, 4) is 50.3 Å². The number of thiocarbonyl (C=S) groups is 1. The molecule has 3 aromatic carbocycles. The number of carboxylic acids is 1. The highest BCUT2D eigenvalue weighted by molar-refractivity contribution is 8.00. The highest BCUT2D eigenvalue weighted by atomic mass is 32.2. The molecular formula is C44H37N7O7S3. The SMILES string of the molecule is CC(C)N(CCCN1c2ccnc(N)c2N2C(Sc3cc4c(cc3-c3nccs3)OCO4)C12)C(=S)Nc1ccc(-c2c3ccc(=O)cc-3oc3cc(O)ccc23)c(C(=O)O)c1. The zero-order valence-corrected chi connectivity index (χ0v) is 35.1. The van der Waals surface area contributed by atoms with Gasteiger partial charge in [-0.05, 0) is 92.6 Å². The molecule has 10 rings (SSSR count). The van der Waals surface area contributed by atoms with Crippen LogP contribution in [0.2, 0.25) is 0 Å². The molecule has 6 heterocycles. The lowest BCUT2D eigenvalue weighted by atomic mass is 9.90. The summed E-state index contributed by atoms with van der Waals surface area (Å²) in [6, 6.07) is 20.2. The second-order valence-electron chi connectivity index (χ2n) is 15.1. The number of aromatic carboxylic acids is 1. The van der Waals surface area contributed by atoms with Gasteiger partial charge in [0.15, 0.2) is 22.0 Å². The number of nitrogens with zero attached hydrogens (tertiary/aromatic N) is 5. The number of fused-ring (bicyclic) bond motifs is 6. The number of carbonyl (C=O) groups is 1. The van der Waals surface area contributed by atoms with Crippen molar-refractivity contribution in [3.63, 3.8) is 0 Å². The molecule has 14 nitrogen and oxygen atoms in total. The van der Waals surface area contributed by atoms with E-state index in [0.29, 0.717) is 62.3 Å². The summed E-state index contributed by atoms with van der Waals surface area (Å²) in [6.45, 7) is 5.67. The fourth-order valence-electron chi connectivity index (χ4n) is 8.27. The number of nitrogens with one attached hydrogen (secondary N) is 1. The average molecular weight is 872 g/mol. The summed E-state index contributed by atoms with van der Waals surface area (Å²) in [6.07, 6.45) is 4.37. The van der Waals surface area contributed by atoms with Crippen LogP contribution in [-0.4, -0.2) is 73.6 Å². The molecule has 0 amide bonds. The lowest BCUT2D eigenvalue weighted by molar-refractivity contribution is 0.0697. The summed E-state index contributed by atoms with van der Waals surface area (Å²) in [5, 5.41) is 28.0. The van der Waals surface area contributed by atoms with Crippen molar-refractivity contribution in [2.75, 3.05) is 40.7 Å². The Balaban J connectivity index is 0.875. The van der Waals surface area contributed by atoms with Crippen molar-refractivity contribution in [2.45, 2.75) is 42.7 Å². The molecule has 17 heteroatoms. The van der Waals surface area contributed by atoms with E-state index in [0.717, 1.165) is 39.8 Å². The van der Waals surface area contributed by atoms with E-state index < -0.39 is 5.97 Å². The Labute approximate surface area is 362 Å². The first-order valence-corrected chi connectivity index (χ1v) is 21.7. The number of hydrogen-bond donors (Lipinski definition) is 4. The number of anilines is 4. The highest BCUT2D eigenvalue weighted by Crippen LogP contribution is 2.59. The largest absolute Gasteiger partial charge is 0.508 e. The number of thiazole rings is 1. The summed E-state index contributed by atoms with van der Waals surface area (Å²) < 4.78 is 17.4. The Morgan fingerprint density at radius 2 is 1.85 bits per heavy atom. The van der Waals surface area contributed by atoms with E-state index in [-0.39, 0.29) is 46.9 Å². The van der Waals surface area contributed by atoms with E-state index >= 15 is 0 Å². The second-order valence-corrected chi connectivity index (χ2v) is 17.5. The summed E-state index contributed by atoms with van der Waals surface area (Å²) in [7, 11) is 0. The quantitative estimate of drug-likeness (QED) is 0.0553. The molecule has 1 saturated heterocycles. The third-order valence-corrected chi connectivity index (χ3v) is 13.5. The molecule has 0 spiro atoms. The molecule has 2 unspecified atom stereocenters. The number of phenolic OH excluding ortho intramolecular Hbond substituents is 1. The number of hydrogen-bond acceptors (Lipinski definition) is 14. The number of thioether (sulfide) groups is 1. The molecule has 5 aromatic rings. The number of pyridine rings is 1. The minimum absolute atomic E-state index is 0.0230. The second kappa shape index (κ2) is 15.2. The van der Waals surface area contributed by atoms with Crippen LogP contribution in [0.25, 0.3) is 44.0 Å². The predicted octanol–water partition coefficient (Wildman–Crippen LogP) is 8.38. The van der Waals surface area contributed by atoms with Gasteiger partial charge in [0.05, 0.1) is 11.3 Å². The lowest BCUT2D eigenvalue weighted by Crippen LogP contribution is -2.41. The maximum absolute atomic E-state index is 12.9. The first kappa shape index (κ1) is 38.6. The number of carboxylic acid groups (broad SMARTS) is 1. The van der Waals surface area contributed by atoms with Gasteiger partial charge in [0, 0.05) is 81.7 Å². The van der Waals surface area contributed by atoms with Crippen LogP contribution in [-0.2, 0) is 0 Å². The van der Waals surface area contributed by atoms with Gasteiger partial charge < -0.3 is 49.9 Å². The van der Waals surface area contributed by atoms with Crippen molar-refractivity contribution in [3.05, 3.63) is 106 Å². The standard InChI is InChI=1S/C44H37N7O7S3/c1-22(2)49(44(59)48-23-4-7-26(29(16-23)43(54)55)37-27-8-5-24(52)17-32(27)58-33-18-25(53)6-9-28(33)37)13-3-14-50-31-10-11-46-39(45)38(31)51-41(50)42(51)61-36-20-35-34(56-21-57-35)19-30(36)40-47-12-15-60-40/h4-12,15-20,22,41-42,52H,3,13-14,21H2,1-2H3,(H2,45,46)(H,48,59)(H,54,55). The number of ether oxygens (including phenoxy) is 2.